The minimum atomic E-state index is -0.00321. The highest BCUT2D eigenvalue weighted by Gasteiger charge is 2.24. The number of nitrogens with zero attached hydrogens (tertiary/aromatic N) is 2. The maximum atomic E-state index is 6.01. The van der Waals surface area contributed by atoms with Crippen LogP contribution >= 0.6 is 0 Å². The molecule has 0 radical (unpaired) electrons. The van der Waals surface area contributed by atoms with Crippen LogP contribution < -0.4 is 5.73 Å². The standard InChI is InChI=1S/C13H29N3/c1-13(2,14)8-6-10-16-9-5-7-12(16)11-15(3)4/h12H,5-11,14H2,1-4H3. The molecule has 16 heavy (non-hydrogen) atoms. The summed E-state index contributed by atoms with van der Waals surface area (Å²) in [5.74, 6) is 0. The first-order chi connectivity index (χ1) is 7.38. The van der Waals surface area contributed by atoms with E-state index in [0.717, 1.165) is 12.5 Å². The second kappa shape index (κ2) is 5.99. The molecule has 0 amide bonds. The smallest absolute Gasteiger partial charge is 0.0223 e. The molecule has 1 aliphatic heterocycles. The van der Waals surface area contributed by atoms with Crippen molar-refractivity contribution < 1.29 is 0 Å². The summed E-state index contributed by atoms with van der Waals surface area (Å²) < 4.78 is 0. The first-order valence-electron chi connectivity index (χ1n) is 6.56. The van der Waals surface area contributed by atoms with Gasteiger partial charge >= 0.3 is 0 Å². The zero-order valence-electron chi connectivity index (χ0n) is 11.5. The van der Waals surface area contributed by atoms with Crippen molar-refractivity contribution in [1.82, 2.24) is 9.80 Å². The molecule has 1 fully saturated rings. The molecule has 96 valence electrons. The Labute approximate surface area is 101 Å². The van der Waals surface area contributed by atoms with Crippen LogP contribution in [0.3, 0.4) is 0 Å². The average Bonchev–Trinajstić information content (AvgIpc) is 2.49. The van der Waals surface area contributed by atoms with Crippen molar-refractivity contribution in [3.05, 3.63) is 0 Å². The second-order valence-corrected chi connectivity index (χ2v) is 6.19. The van der Waals surface area contributed by atoms with Crippen LogP contribution in [0.5, 0.6) is 0 Å². The summed E-state index contributed by atoms with van der Waals surface area (Å²) in [4.78, 5) is 4.95. The Bertz CT molecular complexity index is 196. The van der Waals surface area contributed by atoms with Crippen molar-refractivity contribution >= 4 is 0 Å². The molecule has 0 saturated carbocycles. The number of rotatable bonds is 6. The number of nitrogens with two attached hydrogens (primary N) is 1. The van der Waals surface area contributed by atoms with Gasteiger partial charge in [-0.1, -0.05) is 0 Å². The van der Waals surface area contributed by atoms with Gasteiger partial charge in [-0.25, -0.2) is 0 Å². The molecular weight excluding hydrogens is 198 g/mol. The SMILES string of the molecule is CN(C)CC1CCCN1CCCC(C)(C)N. The normalized spacial score (nSPS) is 23.2. The van der Waals surface area contributed by atoms with E-state index in [-0.39, 0.29) is 5.54 Å². The summed E-state index contributed by atoms with van der Waals surface area (Å²) in [5.41, 5.74) is 6.01. The van der Waals surface area contributed by atoms with Crippen molar-refractivity contribution in [1.29, 1.82) is 0 Å². The fourth-order valence-corrected chi connectivity index (χ4v) is 2.56. The van der Waals surface area contributed by atoms with E-state index in [0.29, 0.717) is 0 Å². The van der Waals surface area contributed by atoms with Gasteiger partial charge in [-0.05, 0) is 66.7 Å². The lowest BCUT2D eigenvalue weighted by atomic mass is 10.00. The molecule has 0 aromatic heterocycles. The summed E-state index contributed by atoms with van der Waals surface area (Å²) in [6, 6.07) is 0.774. The summed E-state index contributed by atoms with van der Waals surface area (Å²) in [5, 5.41) is 0. The molecule has 0 aromatic rings. The van der Waals surface area contributed by atoms with Gasteiger partial charge in [0.15, 0.2) is 0 Å². The third-order valence-electron chi connectivity index (χ3n) is 3.34. The van der Waals surface area contributed by atoms with E-state index in [2.05, 4.69) is 37.7 Å². The molecule has 0 aliphatic carbocycles. The van der Waals surface area contributed by atoms with Crippen LogP contribution in [0.25, 0.3) is 0 Å². The molecule has 2 N–H and O–H groups in total. The Hall–Kier alpha value is -0.120. The van der Waals surface area contributed by atoms with Gasteiger partial charge in [0, 0.05) is 18.1 Å². The van der Waals surface area contributed by atoms with Crippen LogP contribution in [0, 0.1) is 0 Å². The topological polar surface area (TPSA) is 32.5 Å². The van der Waals surface area contributed by atoms with E-state index in [1.54, 1.807) is 0 Å². The maximum Gasteiger partial charge on any atom is 0.0223 e. The summed E-state index contributed by atoms with van der Waals surface area (Å²) >= 11 is 0. The molecule has 0 bridgehead atoms. The quantitative estimate of drug-likeness (QED) is 0.747. The van der Waals surface area contributed by atoms with Crippen LogP contribution in [-0.4, -0.2) is 55.1 Å². The van der Waals surface area contributed by atoms with Gasteiger partial charge in [0.1, 0.15) is 0 Å². The van der Waals surface area contributed by atoms with Crippen molar-refractivity contribution in [3.8, 4) is 0 Å². The van der Waals surface area contributed by atoms with Crippen molar-refractivity contribution in [2.45, 2.75) is 51.1 Å². The number of hydrogen-bond acceptors (Lipinski definition) is 3. The van der Waals surface area contributed by atoms with Gasteiger partial charge < -0.3 is 10.6 Å². The highest BCUT2D eigenvalue weighted by atomic mass is 15.2. The molecule has 1 heterocycles. The maximum absolute atomic E-state index is 6.01. The summed E-state index contributed by atoms with van der Waals surface area (Å²) in [6.45, 7) is 7.94. The van der Waals surface area contributed by atoms with E-state index in [9.17, 15) is 0 Å². The molecule has 1 aliphatic rings. The monoisotopic (exact) mass is 227 g/mol. The number of likely N-dealkylation sites (N-methyl/N-ethyl adjacent to an activating group) is 1. The first kappa shape index (κ1) is 13.9. The summed E-state index contributed by atoms with van der Waals surface area (Å²) in [6.07, 6.45) is 5.08. The van der Waals surface area contributed by atoms with E-state index in [1.165, 1.54) is 38.9 Å². The lowest BCUT2D eigenvalue weighted by Crippen LogP contribution is -2.39. The van der Waals surface area contributed by atoms with E-state index in [1.807, 2.05) is 0 Å². The highest BCUT2D eigenvalue weighted by molar-refractivity contribution is 4.81. The van der Waals surface area contributed by atoms with E-state index < -0.39 is 0 Å². The zero-order chi connectivity index (χ0) is 12.2. The molecule has 3 nitrogen and oxygen atoms in total. The number of likely N-dealkylation sites (tertiary alicyclic amines) is 1. The Kier molecular flexibility index (Phi) is 5.22. The lowest BCUT2D eigenvalue weighted by Gasteiger charge is -2.28. The minimum Gasteiger partial charge on any atom is -0.326 e. The average molecular weight is 227 g/mol. The largest absolute Gasteiger partial charge is 0.326 e. The molecule has 3 heteroatoms. The van der Waals surface area contributed by atoms with Crippen LogP contribution in [0.2, 0.25) is 0 Å². The fourth-order valence-electron chi connectivity index (χ4n) is 2.56. The van der Waals surface area contributed by atoms with Gasteiger partial charge in [0.05, 0.1) is 0 Å². The van der Waals surface area contributed by atoms with Crippen molar-refractivity contribution in [2.75, 3.05) is 33.7 Å². The minimum absolute atomic E-state index is 0.00321. The van der Waals surface area contributed by atoms with E-state index in [4.69, 9.17) is 5.73 Å². The molecule has 1 saturated heterocycles. The van der Waals surface area contributed by atoms with Crippen molar-refractivity contribution in [2.24, 2.45) is 5.73 Å². The fraction of sp³-hybridized carbons (Fsp3) is 1.00. The van der Waals surface area contributed by atoms with Gasteiger partial charge in [-0.3, -0.25) is 4.90 Å². The van der Waals surface area contributed by atoms with Gasteiger partial charge in [-0.2, -0.15) is 0 Å². The molecule has 0 aromatic carbocycles. The Balaban J connectivity index is 2.25. The van der Waals surface area contributed by atoms with Crippen LogP contribution in [0.15, 0.2) is 0 Å². The second-order valence-electron chi connectivity index (χ2n) is 6.19. The Morgan fingerprint density at radius 1 is 1.38 bits per heavy atom. The molecule has 1 rings (SSSR count). The molecule has 0 spiro atoms. The molecule has 1 unspecified atom stereocenters. The summed E-state index contributed by atoms with van der Waals surface area (Å²) in [7, 11) is 4.33. The highest BCUT2D eigenvalue weighted by Crippen LogP contribution is 2.19. The third kappa shape index (κ3) is 5.28. The predicted molar refractivity (Wildman–Crippen MR) is 70.6 cm³/mol. The van der Waals surface area contributed by atoms with Crippen LogP contribution in [0.4, 0.5) is 0 Å². The zero-order valence-corrected chi connectivity index (χ0v) is 11.5. The van der Waals surface area contributed by atoms with Crippen LogP contribution in [-0.2, 0) is 0 Å². The van der Waals surface area contributed by atoms with Crippen LogP contribution in [0.1, 0.15) is 39.5 Å². The van der Waals surface area contributed by atoms with Gasteiger partial charge in [-0.15, -0.1) is 0 Å². The Morgan fingerprint density at radius 2 is 2.06 bits per heavy atom. The van der Waals surface area contributed by atoms with Gasteiger partial charge in [0.2, 0.25) is 0 Å². The van der Waals surface area contributed by atoms with Crippen molar-refractivity contribution in [3.63, 3.8) is 0 Å². The predicted octanol–water partition coefficient (Wildman–Crippen LogP) is 1.53. The lowest BCUT2D eigenvalue weighted by molar-refractivity contribution is 0.201. The first-order valence-corrected chi connectivity index (χ1v) is 6.56. The number of hydrogen-bond donors (Lipinski definition) is 1. The van der Waals surface area contributed by atoms with E-state index >= 15 is 0 Å². The Morgan fingerprint density at radius 3 is 2.62 bits per heavy atom. The molecule has 1 atom stereocenters. The molecular formula is C13H29N3. The third-order valence-corrected chi connectivity index (χ3v) is 3.34. The van der Waals surface area contributed by atoms with Gasteiger partial charge in [0.25, 0.3) is 0 Å².